The number of unbranched alkanes of at least 4 members (excludes halogenated alkanes) is 42. The van der Waals surface area contributed by atoms with Crippen LogP contribution in [0.1, 0.15) is 348 Å². The van der Waals surface area contributed by atoms with Gasteiger partial charge in [-0.15, -0.1) is 0 Å². The van der Waals surface area contributed by atoms with Crippen molar-refractivity contribution in [3.8, 4) is 0 Å². The number of ether oxygens (including phenoxy) is 1. The van der Waals surface area contributed by atoms with Gasteiger partial charge in [0, 0.05) is 12.8 Å². The van der Waals surface area contributed by atoms with Crippen LogP contribution in [0.5, 0.6) is 0 Å². The molecule has 0 saturated carbocycles. The molecule has 0 aromatic heterocycles. The molecule has 9 nitrogen and oxygen atoms in total. The van der Waals surface area contributed by atoms with Crippen molar-refractivity contribution < 1.29 is 37.3 Å². The van der Waals surface area contributed by atoms with E-state index in [1.54, 1.807) is 0 Å². The summed E-state index contributed by atoms with van der Waals surface area (Å²) in [5.41, 5.74) is 0. The zero-order valence-corrected chi connectivity index (χ0v) is 57.3. The quantitative estimate of drug-likeness (QED) is 0.0212. The number of carbonyl (C=O) groups excluding carboxylic acids is 2. The van der Waals surface area contributed by atoms with E-state index in [2.05, 4.69) is 74.7 Å². The van der Waals surface area contributed by atoms with Crippen molar-refractivity contribution in [1.29, 1.82) is 0 Å². The molecular weight excluding hydrogens is 1060 g/mol. The van der Waals surface area contributed by atoms with E-state index in [9.17, 15) is 19.0 Å². The molecule has 10 heteroatoms. The van der Waals surface area contributed by atoms with Crippen molar-refractivity contribution in [2.24, 2.45) is 0 Å². The molecule has 0 aliphatic heterocycles. The highest BCUT2D eigenvalue weighted by Crippen LogP contribution is 2.38. The van der Waals surface area contributed by atoms with Crippen LogP contribution in [0.3, 0.4) is 0 Å². The number of amides is 1. The second-order valence-corrected chi connectivity index (χ2v) is 27.1. The molecule has 0 aromatic rings. The van der Waals surface area contributed by atoms with Crippen molar-refractivity contribution in [3.63, 3.8) is 0 Å². The number of hydrogen-bond acceptors (Lipinski definition) is 7. The predicted molar refractivity (Wildman–Crippen MR) is 362 cm³/mol. The molecule has 3 unspecified atom stereocenters. The molecule has 1 amide bonds. The lowest BCUT2D eigenvalue weighted by Crippen LogP contribution is -2.47. The van der Waals surface area contributed by atoms with Crippen LogP contribution in [0, 0.1) is 0 Å². The Labute approximate surface area is 521 Å². The summed E-state index contributed by atoms with van der Waals surface area (Å²) in [6.45, 7) is 6.84. The van der Waals surface area contributed by atoms with E-state index in [0.29, 0.717) is 17.4 Å². The zero-order valence-electron chi connectivity index (χ0n) is 56.4. The number of carbonyl (C=O) groups is 2. The zero-order chi connectivity index (χ0) is 61.4. The van der Waals surface area contributed by atoms with Gasteiger partial charge >= 0.3 is 5.97 Å². The second kappa shape index (κ2) is 63.7. The molecule has 0 aliphatic carbocycles. The molecule has 84 heavy (non-hydrogen) atoms. The van der Waals surface area contributed by atoms with E-state index < -0.39 is 20.0 Å². The van der Waals surface area contributed by atoms with Gasteiger partial charge in [-0.25, -0.2) is 0 Å². The fourth-order valence-electron chi connectivity index (χ4n) is 10.6. The summed E-state index contributed by atoms with van der Waals surface area (Å²) in [5.74, 6) is -0.530. The highest BCUT2D eigenvalue weighted by atomic mass is 31.2. The number of quaternary nitrogens is 1. The number of allylic oxidation sites excluding steroid dienone is 9. The molecule has 1 N–H and O–H groups in total. The van der Waals surface area contributed by atoms with Gasteiger partial charge in [0.1, 0.15) is 19.3 Å². The van der Waals surface area contributed by atoms with Gasteiger partial charge < -0.3 is 28.5 Å². The maximum atomic E-state index is 13.6. The molecule has 0 radical (unpaired) electrons. The fraction of sp³-hybridized carbons (Fsp3) is 0.838. The van der Waals surface area contributed by atoms with E-state index in [1.165, 1.54) is 244 Å². The maximum Gasteiger partial charge on any atom is 0.306 e. The smallest absolute Gasteiger partial charge is 0.306 e. The van der Waals surface area contributed by atoms with Crippen LogP contribution in [0.25, 0.3) is 0 Å². The fourth-order valence-corrected chi connectivity index (χ4v) is 11.3. The van der Waals surface area contributed by atoms with Crippen LogP contribution >= 0.6 is 7.82 Å². The minimum atomic E-state index is -4.70. The first-order valence-corrected chi connectivity index (χ1v) is 37.6. The minimum Gasteiger partial charge on any atom is -0.756 e. The third kappa shape index (κ3) is 64.2. The summed E-state index contributed by atoms with van der Waals surface area (Å²) in [5, 5.41) is 3.05. The van der Waals surface area contributed by atoms with Crippen molar-refractivity contribution in [2.45, 2.75) is 360 Å². The van der Waals surface area contributed by atoms with Gasteiger partial charge in [-0.05, 0) is 96.0 Å². The molecule has 0 aliphatic rings. The summed E-state index contributed by atoms with van der Waals surface area (Å²) in [7, 11) is 1.19. The van der Waals surface area contributed by atoms with Crippen LogP contribution < -0.4 is 10.2 Å². The molecule has 0 heterocycles. The number of phosphoric ester groups is 1. The average Bonchev–Trinajstić information content (AvgIpc) is 3.64. The SMILES string of the molecule is CCCCC/C=C\C/C=C\CCCCCCCCCCCCCCCCCC(=O)OC(/C=C/CCCCCCCCCCCC)C(COP(=O)([O-])OCC[N+](C)(C)C)NC(=O)CCCCCCCCCCCCC/C=C\C/C=C\CCCCC. The maximum absolute atomic E-state index is 13.6. The lowest BCUT2D eigenvalue weighted by atomic mass is 10.0. The van der Waals surface area contributed by atoms with Crippen molar-refractivity contribution in [1.82, 2.24) is 5.32 Å². The highest BCUT2D eigenvalue weighted by Gasteiger charge is 2.27. The number of hydrogen-bond donors (Lipinski definition) is 1. The topological polar surface area (TPSA) is 114 Å². The first-order valence-electron chi connectivity index (χ1n) is 36.1. The molecule has 3 atom stereocenters. The molecular formula is C74H139N2O7P. The van der Waals surface area contributed by atoms with Gasteiger partial charge in [0.15, 0.2) is 0 Å². The molecule has 0 bridgehead atoms. The van der Waals surface area contributed by atoms with Crippen molar-refractivity contribution in [3.05, 3.63) is 60.8 Å². The van der Waals surface area contributed by atoms with Gasteiger partial charge in [0.05, 0.1) is 33.8 Å². The lowest BCUT2D eigenvalue weighted by molar-refractivity contribution is -0.870. The molecule has 0 aromatic carbocycles. The van der Waals surface area contributed by atoms with Crippen LogP contribution in [0.2, 0.25) is 0 Å². The second-order valence-electron chi connectivity index (χ2n) is 25.7. The summed E-state index contributed by atoms with van der Waals surface area (Å²) in [4.78, 5) is 40.2. The van der Waals surface area contributed by atoms with Crippen molar-refractivity contribution in [2.75, 3.05) is 40.9 Å². The number of phosphoric acid groups is 1. The third-order valence-electron chi connectivity index (χ3n) is 16.2. The summed E-state index contributed by atoms with van der Waals surface area (Å²) in [6, 6.07) is -0.890. The monoisotopic (exact) mass is 1200 g/mol. The molecule has 0 spiro atoms. The molecule has 492 valence electrons. The van der Waals surface area contributed by atoms with Crippen LogP contribution in [-0.2, 0) is 27.9 Å². The summed E-state index contributed by atoms with van der Waals surface area (Å²) < 4.78 is 30.5. The van der Waals surface area contributed by atoms with Gasteiger partial charge in [0.25, 0.3) is 7.82 Å². The predicted octanol–water partition coefficient (Wildman–Crippen LogP) is 22.3. The van der Waals surface area contributed by atoms with E-state index in [4.69, 9.17) is 13.8 Å². The van der Waals surface area contributed by atoms with E-state index in [1.807, 2.05) is 33.3 Å². The van der Waals surface area contributed by atoms with E-state index >= 15 is 0 Å². The van der Waals surface area contributed by atoms with Crippen LogP contribution in [-0.4, -0.2) is 69.4 Å². The number of nitrogens with zero attached hydrogens (tertiary/aromatic N) is 1. The Morgan fingerprint density at radius 2 is 0.726 bits per heavy atom. The van der Waals surface area contributed by atoms with Gasteiger partial charge in [0.2, 0.25) is 5.91 Å². The van der Waals surface area contributed by atoms with Gasteiger partial charge in [-0.1, -0.05) is 300 Å². The molecule has 0 saturated heterocycles. The Hall–Kier alpha value is -2.29. The summed E-state index contributed by atoms with van der Waals surface area (Å²) >= 11 is 0. The van der Waals surface area contributed by atoms with Crippen molar-refractivity contribution >= 4 is 19.7 Å². The largest absolute Gasteiger partial charge is 0.756 e. The summed E-state index contributed by atoms with van der Waals surface area (Å²) in [6.07, 6.45) is 82.0. The number of rotatable bonds is 66. The first kappa shape index (κ1) is 81.7. The van der Waals surface area contributed by atoms with Crippen LogP contribution in [0.4, 0.5) is 0 Å². The first-order chi connectivity index (χ1) is 40.9. The Balaban J connectivity index is 5.03. The van der Waals surface area contributed by atoms with E-state index in [0.717, 1.165) is 70.6 Å². The highest BCUT2D eigenvalue weighted by molar-refractivity contribution is 7.45. The number of nitrogens with one attached hydrogen (secondary N) is 1. The Morgan fingerprint density at radius 3 is 1.10 bits per heavy atom. The standard InChI is InChI=1S/C74H139N2O7P/c1-7-10-13-16-19-22-25-28-30-32-34-36-37-38-39-41-43-45-47-49-52-55-58-61-64-67-74(78)83-72(65-62-59-56-53-50-27-24-21-18-15-12-9-3)71(70-82-84(79,80)81-69-68-76(4,5)6)75-73(77)66-63-60-57-54-51-48-46-44-42-40-35-33-31-29-26-23-20-17-14-11-8-2/h19-20,22-23,28-31,62,65,71-72H,7-18,21,24-27,32-61,63-64,66-70H2,1-6H3,(H-,75,77,79,80)/b22-19-,23-20-,30-28-,31-29-,65-62+. The minimum absolute atomic E-state index is 0.0222. The van der Waals surface area contributed by atoms with E-state index in [-0.39, 0.29) is 31.5 Å². The Bertz CT molecular complexity index is 1620. The number of esters is 1. The van der Waals surface area contributed by atoms with Gasteiger partial charge in [-0.2, -0.15) is 0 Å². The number of likely N-dealkylation sites (N-methyl/N-ethyl adjacent to an activating group) is 1. The lowest BCUT2D eigenvalue weighted by Gasteiger charge is -2.30. The van der Waals surface area contributed by atoms with Gasteiger partial charge in [-0.3, -0.25) is 14.2 Å². The third-order valence-corrected chi connectivity index (χ3v) is 17.1. The Kier molecular flexibility index (Phi) is 62.0. The Morgan fingerprint density at radius 1 is 0.417 bits per heavy atom. The molecule has 0 fully saturated rings. The van der Waals surface area contributed by atoms with Crippen LogP contribution in [0.15, 0.2) is 60.8 Å². The molecule has 0 rings (SSSR count). The normalized spacial score (nSPS) is 13.8. The average molecular weight is 1200 g/mol.